The molecule has 0 radical (unpaired) electrons. The topological polar surface area (TPSA) is 51.2 Å². The summed E-state index contributed by atoms with van der Waals surface area (Å²) < 4.78 is 7.38. The maximum atomic E-state index is 10.3. The van der Waals surface area contributed by atoms with Gasteiger partial charge in [-0.2, -0.15) is 5.10 Å². The van der Waals surface area contributed by atoms with Gasteiger partial charge in [0.25, 0.3) is 0 Å². The average molecular weight is 248 g/mol. The van der Waals surface area contributed by atoms with Crippen LogP contribution in [0.2, 0.25) is 0 Å². The zero-order chi connectivity index (χ0) is 13.3. The van der Waals surface area contributed by atoms with Crippen LogP contribution in [0.15, 0.2) is 16.5 Å². The van der Waals surface area contributed by atoms with Crippen LogP contribution in [-0.2, 0) is 13.0 Å². The average Bonchev–Trinajstić information content (AvgIpc) is 2.81. The van der Waals surface area contributed by atoms with Crippen molar-refractivity contribution in [1.82, 2.24) is 9.78 Å². The Morgan fingerprint density at radius 1 is 1.33 bits per heavy atom. The molecule has 98 valence electrons. The van der Waals surface area contributed by atoms with Crippen LogP contribution in [0.1, 0.15) is 41.5 Å². The predicted octanol–water partition coefficient (Wildman–Crippen LogP) is 2.70. The van der Waals surface area contributed by atoms with E-state index in [1.54, 1.807) is 0 Å². The van der Waals surface area contributed by atoms with Crippen molar-refractivity contribution in [2.24, 2.45) is 0 Å². The van der Waals surface area contributed by atoms with E-state index in [1.807, 2.05) is 37.6 Å². The van der Waals surface area contributed by atoms with E-state index in [0.29, 0.717) is 6.42 Å². The molecule has 2 rings (SSSR count). The summed E-state index contributed by atoms with van der Waals surface area (Å²) in [4.78, 5) is 0. The van der Waals surface area contributed by atoms with E-state index in [1.165, 1.54) is 0 Å². The molecule has 0 fully saturated rings. The summed E-state index contributed by atoms with van der Waals surface area (Å²) in [6, 6.07) is 3.93. The summed E-state index contributed by atoms with van der Waals surface area (Å²) in [5, 5.41) is 14.7. The fourth-order valence-electron chi connectivity index (χ4n) is 2.33. The molecule has 0 aromatic carbocycles. The monoisotopic (exact) mass is 248 g/mol. The zero-order valence-electron chi connectivity index (χ0n) is 11.4. The summed E-state index contributed by atoms with van der Waals surface area (Å²) in [5.41, 5.74) is 2.91. The quantitative estimate of drug-likeness (QED) is 0.905. The Hall–Kier alpha value is -1.55. The third-order valence-electron chi connectivity index (χ3n) is 3.13. The Kier molecular flexibility index (Phi) is 3.57. The Balaban J connectivity index is 2.20. The van der Waals surface area contributed by atoms with Crippen molar-refractivity contribution in [3.63, 3.8) is 0 Å². The zero-order valence-corrected chi connectivity index (χ0v) is 11.4. The molecule has 2 aromatic rings. The van der Waals surface area contributed by atoms with Crippen LogP contribution in [0.25, 0.3) is 0 Å². The van der Waals surface area contributed by atoms with Crippen molar-refractivity contribution in [1.29, 1.82) is 0 Å². The van der Waals surface area contributed by atoms with E-state index >= 15 is 0 Å². The van der Waals surface area contributed by atoms with E-state index < -0.39 is 6.10 Å². The van der Waals surface area contributed by atoms with Gasteiger partial charge < -0.3 is 9.52 Å². The first-order valence-corrected chi connectivity index (χ1v) is 6.29. The first kappa shape index (κ1) is 12.9. The van der Waals surface area contributed by atoms with Gasteiger partial charge in [0.2, 0.25) is 0 Å². The molecule has 0 bridgehead atoms. The maximum absolute atomic E-state index is 10.3. The molecule has 0 saturated carbocycles. The first-order chi connectivity index (χ1) is 8.51. The molecule has 2 heterocycles. The van der Waals surface area contributed by atoms with Crippen molar-refractivity contribution in [3.8, 4) is 0 Å². The highest BCUT2D eigenvalue weighted by atomic mass is 16.3. The summed E-state index contributed by atoms with van der Waals surface area (Å²) in [6.45, 7) is 8.61. The van der Waals surface area contributed by atoms with E-state index in [4.69, 9.17) is 4.42 Å². The fraction of sp³-hybridized carbons (Fsp3) is 0.500. The lowest BCUT2D eigenvalue weighted by molar-refractivity contribution is 0.173. The van der Waals surface area contributed by atoms with Crippen molar-refractivity contribution >= 4 is 0 Å². The highest BCUT2D eigenvalue weighted by Crippen LogP contribution is 2.24. The predicted molar refractivity (Wildman–Crippen MR) is 69.5 cm³/mol. The van der Waals surface area contributed by atoms with Gasteiger partial charge in [0.05, 0.1) is 11.8 Å². The van der Waals surface area contributed by atoms with E-state index in [0.717, 1.165) is 35.0 Å². The molecule has 0 aliphatic heterocycles. The van der Waals surface area contributed by atoms with Gasteiger partial charge in [-0.1, -0.05) is 0 Å². The molecule has 0 aliphatic carbocycles. The van der Waals surface area contributed by atoms with Crippen molar-refractivity contribution < 1.29 is 9.52 Å². The molecule has 0 saturated heterocycles. The van der Waals surface area contributed by atoms with Gasteiger partial charge in [-0.25, -0.2) is 0 Å². The molecule has 0 spiro atoms. The van der Waals surface area contributed by atoms with Crippen LogP contribution >= 0.6 is 0 Å². The summed E-state index contributed by atoms with van der Waals surface area (Å²) in [6.07, 6.45) is 0.0259. The Labute approximate surface area is 107 Å². The number of rotatable bonds is 4. The number of aromatic nitrogens is 2. The van der Waals surface area contributed by atoms with Crippen molar-refractivity contribution in [2.75, 3.05) is 0 Å². The molecule has 18 heavy (non-hydrogen) atoms. The SMILES string of the molecule is CCn1nc(C)cc1CC(O)c1cc(C)oc1C. The van der Waals surface area contributed by atoms with Crippen LogP contribution in [0, 0.1) is 20.8 Å². The van der Waals surface area contributed by atoms with Gasteiger partial charge in [0, 0.05) is 24.2 Å². The largest absolute Gasteiger partial charge is 0.466 e. The summed E-state index contributed by atoms with van der Waals surface area (Å²) in [5.74, 6) is 1.63. The molecule has 0 aliphatic rings. The van der Waals surface area contributed by atoms with Gasteiger partial charge >= 0.3 is 0 Å². The molecule has 1 unspecified atom stereocenters. The molecule has 4 nitrogen and oxygen atoms in total. The van der Waals surface area contributed by atoms with Crippen LogP contribution in [0.5, 0.6) is 0 Å². The number of hydrogen-bond acceptors (Lipinski definition) is 3. The lowest BCUT2D eigenvalue weighted by Crippen LogP contribution is -2.08. The third kappa shape index (κ3) is 2.48. The number of aliphatic hydroxyl groups is 1. The fourth-order valence-corrected chi connectivity index (χ4v) is 2.33. The van der Waals surface area contributed by atoms with Crippen LogP contribution in [-0.4, -0.2) is 14.9 Å². The molecular formula is C14H20N2O2. The number of hydrogen-bond donors (Lipinski definition) is 1. The van der Waals surface area contributed by atoms with Gasteiger partial charge in [0.15, 0.2) is 0 Å². The minimum Gasteiger partial charge on any atom is -0.466 e. The normalized spacial score (nSPS) is 12.9. The van der Waals surface area contributed by atoms with Crippen LogP contribution < -0.4 is 0 Å². The third-order valence-corrected chi connectivity index (χ3v) is 3.13. The Bertz CT molecular complexity index is 540. The second-order valence-corrected chi connectivity index (χ2v) is 4.68. The Morgan fingerprint density at radius 3 is 2.61 bits per heavy atom. The molecule has 1 N–H and O–H groups in total. The number of aryl methyl sites for hydroxylation is 4. The van der Waals surface area contributed by atoms with E-state index in [2.05, 4.69) is 12.0 Å². The maximum Gasteiger partial charge on any atom is 0.106 e. The van der Waals surface area contributed by atoms with Gasteiger partial charge in [0.1, 0.15) is 11.5 Å². The number of furan rings is 1. The molecule has 2 aromatic heterocycles. The first-order valence-electron chi connectivity index (χ1n) is 6.29. The van der Waals surface area contributed by atoms with Crippen LogP contribution in [0.4, 0.5) is 0 Å². The molecule has 0 amide bonds. The highest BCUT2D eigenvalue weighted by Gasteiger charge is 2.17. The van der Waals surface area contributed by atoms with E-state index in [-0.39, 0.29) is 0 Å². The smallest absolute Gasteiger partial charge is 0.106 e. The lowest BCUT2D eigenvalue weighted by atomic mass is 10.1. The standard InChI is InChI=1S/C14H20N2O2/c1-5-16-12(6-9(2)15-16)8-14(17)13-7-10(3)18-11(13)4/h6-7,14,17H,5,8H2,1-4H3. The van der Waals surface area contributed by atoms with Crippen molar-refractivity contribution in [3.05, 3.63) is 40.6 Å². The Morgan fingerprint density at radius 2 is 2.06 bits per heavy atom. The van der Waals surface area contributed by atoms with Gasteiger partial charge in [-0.05, 0) is 39.8 Å². The minimum atomic E-state index is -0.538. The summed E-state index contributed by atoms with van der Waals surface area (Å²) >= 11 is 0. The molecular weight excluding hydrogens is 228 g/mol. The number of nitrogens with zero attached hydrogens (tertiary/aromatic N) is 2. The number of aliphatic hydroxyl groups excluding tert-OH is 1. The van der Waals surface area contributed by atoms with Gasteiger partial charge in [-0.3, -0.25) is 4.68 Å². The molecule has 1 atom stereocenters. The molecule has 4 heteroatoms. The van der Waals surface area contributed by atoms with E-state index in [9.17, 15) is 5.11 Å². The van der Waals surface area contributed by atoms with Gasteiger partial charge in [-0.15, -0.1) is 0 Å². The minimum absolute atomic E-state index is 0.538. The highest BCUT2D eigenvalue weighted by molar-refractivity contribution is 5.24. The van der Waals surface area contributed by atoms with Crippen molar-refractivity contribution in [2.45, 2.75) is 46.8 Å². The lowest BCUT2D eigenvalue weighted by Gasteiger charge is -2.10. The van der Waals surface area contributed by atoms with Crippen LogP contribution in [0.3, 0.4) is 0 Å². The second-order valence-electron chi connectivity index (χ2n) is 4.68. The summed E-state index contributed by atoms with van der Waals surface area (Å²) in [7, 11) is 0. The second kappa shape index (κ2) is 4.98.